The average molecular weight is 465 g/mol. The van der Waals surface area contributed by atoms with Crippen molar-refractivity contribution >= 4 is 27.5 Å². The number of sulfonamides is 1. The third kappa shape index (κ3) is 4.81. The molecule has 2 atom stereocenters. The van der Waals surface area contributed by atoms with Gasteiger partial charge in [-0.3, -0.25) is 4.79 Å². The van der Waals surface area contributed by atoms with E-state index in [2.05, 4.69) is 5.32 Å². The van der Waals surface area contributed by atoms with Crippen LogP contribution in [0.15, 0.2) is 47.4 Å². The second-order valence-corrected chi connectivity index (χ2v) is 10.3. The number of carbonyl (C=O) groups excluding carboxylic acids is 1. The predicted octanol–water partition coefficient (Wildman–Crippen LogP) is 3.33. The molecule has 1 saturated heterocycles. The molecule has 0 aliphatic carbocycles. The third-order valence-corrected chi connectivity index (χ3v) is 7.84. The van der Waals surface area contributed by atoms with Gasteiger partial charge in [0.25, 0.3) is 5.91 Å². The molecule has 1 fully saturated rings. The van der Waals surface area contributed by atoms with Crippen molar-refractivity contribution in [2.75, 3.05) is 26.2 Å². The predicted molar refractivity (Wildman–Crippen MR) is 117 cm³/mol. The van der Waals surface area contributed by atoms with Gasteiger partial charge in [-0.15, -0.1) is 0 Å². The van der Waals surface area contributed by atoms with Crippen LogP contribution in [0.5, 0.6) is 11.5 Å². The van der Waals surface area contributed by atoms with Crippen molar-refractivity contribution < 1.29 is 22.7 Å². The zero-order chi connectivity index (χ0) is 22.0. The molecule has 9 heteroatoms. The molecular weight excluding hydrogens is 440 g/mol. The summed E-state index contributed by atoms with van der Waals surface area (Å²) in [7, 11) is -3.77. The van der Waals surface area contributed by atoms with Crippen LogP contribution in [-0.4, -0.2) is 51.0 Å². The minimum absolute atomic E-state index is 0.0397. The topological polar surface area (TPSA) is 84.9 Å². The fourth-order valence-corrected chi connectivity index (χ4v) is 5.92. The number of halogens is 1. The van der Waals surface area contributed by atoms with E-state index in [1.54, 1.807) is 6.07 Å². The van der Waals surface area contributed by atoms with Crippen molar-refractivity contribution in [1.82, 2.24) is 9.62 Å². The highest BCUT2D eigenvalue weighted by Crippen LogP contribution is 2.31. The van der Waals surface area contributed by atoms with Crippen LogP contribution in [0.1, 0.15) is 30.1 Å². The van der Waals surface area contributed by atoms with Gasteiger partial charge in [0.05, 0.1) is 11.6 Å². The number of carbonyl (C=O) groups is 1. The second-order valence-electron chi connectivity index (χ2n) is 7.96. The normalized spacial score (nSPS) is 21.5. The summed E-state index contributed by atoms with van der Waals surface area (Å²) in [5, 5.41) is 2.90. The maximum atomic E-state index is 13.1. The minimum Gasteiger partial charge on any atom is -0.486 e. The summed E-state index contributed by atoms with van der Waals surface area (Å²) < 4.78 is 39.2. The van der Waals surface area contributed by atoms with E-state index < -0.39 is 15.9 Å². The van der Waals surface area contributed by atoms with E-state index in [0.717, 1.165) is 12.8 Å². The highest BCUT2D eigenvalue weighted by molar-refractivity contribution is 7.89. The van der Waals surface area contributed by atoms with Gasteiger partial charge >= 0.3 is 0 Å². The molecule has 1 N–H and O–H groups in total. The summed E-state index contributed by atoms with van der Waals surface area (Å²) in [6.07, 6.45) is 1.47. The summed E-state index contributed by atoms with van der Waals surface area (Å²) in [5.74, 6) is 1.19. The molecule has 0 radical (unpaired) electrons. The molecular formula is C22H25ClN2O5S. The Morgan fingerprint density at radius 2 is 2.00 bits per heavy atom. The maximum absolute atomic E-state index is 13.1. The molecule has 0 spiro atoms. The van der Waals surface area contributed by atoms with Crippen molar-refractivity contribution in [3.05, 3.63) is 53.1 Å². The molecule has 2 aliphatic heterocycles. The van der Waals surface area contributed by atoms with E-state index in [-0.39, 0.29) is 34.0 Å². The van der Waals surface area contributed by atoms with Crippen LogP contribution in [-0.2, 0) is 10.0 Å². The van der Waals surface area contributed by atoms with Gasteiger partial charge in [-0.2, -0.15) is 4.31 Å². The van der Waals surface area contributed by atoms with E-state index in [1.807, 2.05) is 25.1 Å². The Kier molecular flexibility index (Phi) is 6.41. The first-order chi connectivity index (χ1) is 14.8. The summed E-state index contributed by atoms with van der Waals surface area (Å²) in [5.41, 5.74) is 0.227. The smallest absolute Gasteiger partial charge is 0.251 e. The number of piperidine rings is 1. The van der Waals surface area contributed by atoms with Crippen LogP contribution >= 0.6 is 11.6 Å². The molecule has 7 nitrogen and oxygen atoms in total. The first kappa shape index (κ1) is 21.9. The number of benzene rings is 2. The van der Waals surface area contributed by atoms with Crippen LogP contribution in [0, 0.1) is 5.92 Å². The Morgan fingerprint density at radius 1 is 1.23 bits per heavy atom. The van der Waals surface area contributed by atoms with Gasteiger partial charge < -0.3 is 14.8 Å². The van der Waals surface area contributed by atoms with E-state index >= 15 is 0 Å². The summed E-state index contributed by atoms with van der Waals surface area (Å²) in [4.78, 5) is 12.7. The number of nitrogens with one attached hydrogen (secondary N) is 1. The number of fused-ring (bicyclic) bond motifs is 1. The van der Waals surface area contributed by atoms with Gasteiger partial charge in [-0.1, -0.05) is 30.7 Å². The fourth-order valence-electron chi connectivity index (χ4n) is 3.82. The lowest BCUT2D eigenvalue weighted by Crippen LogP contribution is -2.41. The molecule has 0 saturated carbocycles. The van der Waals surface area contributed by atoms with Crippen LogP contribution in [0.2, 0.25) is 5.02 Å². The van der Waals surface area contributed by atoms with E-state index in [1.165, 1.54) is 22.5 Å². The lowest BCUT2D eigenvalue weighted by atomic mass is 10.0. The highest BCUT2D eigenvalue weighted by Gasteiger charge is 2.31. The first-order valence-electron chi connectivity index (χ1n) is 10.3. The lowest BCUT2D eigenvalue weighted by molar-refractivity contribution is 0.0789. The number of hydrogen-bond donors (Lipinski definition) is 1. The standard InChI is InChI=1S/C22H25ClN2O5S/c1-15-5-4-10-25(13-15)31(27,28)21-11-16(8-9-18(21)23)22(26)24-12-17-14-29-19-6-2-3-7-20(19)30-17/h2-3,6-9,11,15,17H,4-5,10,12-14H2,1H3,(H,24,26)/t15-,17-/m1/s1. The third-order valence-electron chi connectivity index (χ3n) is 5.49. The largest absolute Gasteiger partial charge is 0.486 e. The molecule has 31 heavy (non-hydrogen) atoms. The van der Waals surface area contributed by atoms with E-state index in [4.69, 9.17) is 21.1 Å². The van der Waals surface area contributed by atoms with Crippen LogP contribution in [0.3, 0.4) is 0 Å². The average Bonchev–Trinajstić information content (AvgIpc) is 2.77. The fraction of sp³-hybridized carbons (Fsp3) is 0.409. The summed E-state index contributed by atoms with van der Waals surface area (Å²) >= 11 is 6.21. The molecule has 0 aromatic heterocycles. The van der Waals surface area contributed by atoms with Gasteiger partial charge in [0.2, 0.25) is 10.0 Å². The zero-order valence-corrected chi connectivity index (χ0v) is 18.8. The Hall–Kier alpha value is -2.29. The number of amides is 1. The van der Waals surface area contributed by atoms with Gasteiger partial charge in [-0.05, 0) is 49.1 Å². The first-order valence-corrected chi connectivity index (χ1v) is 12.1. The Labute approximate surface area is 187 Å². The molecule has 0 bridgehead atoms. The van der Waals surface area contributed by atoms with Crippen molar-refractivity contribution in [2.45, 2.75) is 30.8 Å². The van der Waals surface area contributed by atoms with Crippen molar-refractivity contribution in [2.24, 2.45) is 5.92 Å². The summed E-state index contributed by atoms with van der Waals surface area (Å²) in [6, 6.07) is 11.7. The Bertz CT molecular complexity index is 1080. The lowest BCUT2D eigenvalue weighted by Gasteiger charge is -2.30. The second kappa shape index (κ2) is 9.06. The molecule has 2 aliphatic rings. The number of nitrogens with zero attached hydrogens (tertiary/aromatic N) is 1. The number of hydrogen-bond acceptors (Lipinski definition) is 5. The van der Waals surface area contributed by atoms with Gasteiger partial charge in [0, 0.05) is 18.7 Å². The number of para-hydroxylation sites is 2. The maximum Gasteiger partial charge on any atom is 0.251 e. The molecule has 1 amide bonds. The SMILES string of the molecule is C[C@@H]1CCCN(S(=O)(=O)c2cc(C(=O)NC[C@@H]3COc4ccccc4O3)ccc2Cl)C1. The molecule has 166 valence electrons. The van der Waals surface area contributed by atoms with Gasteiger partial charge in [0.1, 0.15) is 17.6 Å². The minimum atomic E-state index is -3.77. The zero-order valence-electron chi connectivity index (χ0n) is 17.2. The van der Waals surface area contributed by atoms with Gasteiger partial charge in [-0.25, -0.2) is 8.42 Å². The monoisotopic (exact) mass is 464 g/mol. The van der Waals surface area contributed by atoms with Crippen LogP contribution in [0.4, 0.5) is 0 Å². The Morgan fingerprint density at radius 3 is 2.77 bits per heavy atom. The van der Waals surface area contributed by atoms with Crippen molar-refractivity contribution in [1.29, 1.82) is 0 Å². The Balaban J connectivity index is 1.45. The van der Waals surface area contributed by atoms with Crippen molar-refractivity contribution in [3.63, 3.8) is 0 Å². The highest BCUT2D eigenvalue weighted by atomic mass is 35.5. The molecule has 0 unspecified atom stereocenters. The van der Waals surface area contributed by atoms with Crippen LogP contribution in [0.25, 0.3) is 0 Å². The quantitative estimate of drug-likeness (QED) is 0.733. The molecule has 2 aromatic rings. The molecule has 2 heterocycles. The van der Waals surface area contributed by atoms with Gasteiger partial charge in [0.15, 0.2) is 11.5 Å². The molecule has 4 rings (SSSR count). The van der Waals surface area contributed by atoms with E-state index in [0.29, 0.717) is 31.2 Å². The number of ether oxygens (including phenoxy) is 2. The van der Waals surface area contributed by atoms with Crippen molar-refractivity contribution in [3.8, 4) is 11.5 Å². The number of rotatable bonds is 5. The summed E-state index contributed by atoms with van der Waals surface area (Å²) in [6.45, 7) is 3.48. The van der Waals surface area contributed by atoms with E-state index in [9.17, 15) is 13.2 Å². The van der Waals surface area contributed by atoms with Crippen LogP contribution < -0.4 is 14.8 Å². The molecule has 2 aromatic carbocycles.